The van der Waals surface area contributed by atoms with Crippen molar-refractivity contribution in [3.05, 3.63) is 35.9 Å². The predicted molar refractivity (Wildman–Crippen MR) is 80.6 cm³/mol. The molecule has 0 amide bonds. The van der Waals surface area contributed by atoms with Crippen LogP contribution < -0.4 is 5.32 Å². The fourth-order valence-electron chi connectivity index (χ4n) is 2.48. The summed E-state index contributed by atoms with van der Waals surface area (Å²) in [6, 6.07) is 10.7. The predicted octanol–water partition coefficient (Wildman–Crippen LogP) is 3.35. The number of benzene rings is 1. The highest BCUT2D eigenvalue weighted by Crippen LogP contribution is 2.17. The van der Waals surface area contributed by atoms with E-state index >= 15 is 0 Å². The molecule has 0 aromatic heterocycles. The zero-order valence-electron chi connectivity index (χ0n) is 11.2. The van der Waals surface area contributed by atoms with E-state index in [0.29, 0.717) is 0 Å². The van der Waals surface area contributed by atoms with Crippen LogP contribution in [0.2, 0.25) is 0 Å². The Kier molecular flexibility index (Phi) is 4.59. The van der Waals surface area contributed by atoms with Crippen molar-refractivity contribution in [3.63, 3.8) is 0 Å². The highest BCUT2D eigenvalue weighted by Gasteiger charge is 2.19. The first-order valence-electron chi connectivity index (χ1n) is 6.77. The molecule has 1 heterocycles. The van der Waals surface area contributed by atoms with Crippen molar-refractivity contribution in [2.75, 3.05) is 13.1 Å². The Morgan fingerprint density at radius 1 is 1.39 bits per heavy atom. The second-order valence-electron chi connectivity index (χ2n) is 5.28. The molecule has 2 rings (SSSR count). The van der Waals surface area contributed by atoms with Gasteiger partial charge in [-0.3, -0.25) is 0 Å². The van der Waals surface area contributed by atoms with Crippen molar-refractivity contribution in [2.24, 2.45) is 5.92 Å². The van der Waals surface area contributed by atoms with Gasteiger partial charge in [0, 0.05) is 13.1 Å². The Labute approximate surface area is 115 Å². The summed E-state index contributed by atoms with van der Waals surface area (Å²) in [5.41, 5.74) is 1.28. The van der Waals surface area contributed by atoms with Gasteiger partial charge < -0.3 is 10.2 Å². The molecule has 0 radical (unpaired) electrons. The van der Waals surface area contributed by atoms with Crippen molar-refractivity contribution in [1.29, 1.82) is 0 Å². The van der Waals surface area contributed by atoms with Gasteiger partial charge in [-0.2, -0.15) is 0 Å². The molecule has 1 saturated heterocycles. The van der Waals surface area contributed by atoms with Crippen LogP contribution in [-0.4, -0.2) is 23.1 Å². The number of nitrogens with zero attached hydrogens (tertiary/aromatic N) is 1. The highest BCUT2D eigenvalue weighted by molar-refractivity contribution is 7.80. The van der Waals surface area contributed by atoms with E-state index in [1.54, 1.807) is 0 Å². The summed E-state index contributed by atoms with van der Waals surface area (Å²) in [5, 5.41) is 4.34. The third kappa shape index (κ3) is 3.45. The summed E-state index contributed by atoms with van der Waals surface area (Å²) in [5.74, 6) is 0.755. The maximum absolute atomic E-state index is 5.52. The molecule has 18 heavy (non-hydrogen) atoms. The van der Waals surface area contributed by atoms with Gasteiger partial charge in [-0.1, -0.05) is 37.3 Å². The molecule has 1 aliphatic rings. The molecule has 1 aliphatic heterocycles. The summed E-state index contributed by atoms with van der Waals surface area (Å²) in [6.07, 6.45) is 2.58. The molecule has 1 aromatic rings. The van der Waals surface area contributed by atoms with Crippen molar-refractivity contribution >= 4 is 17.3 Å². The summed E-state index contributed by atoms with van der Waals surface area (Å²) < 4.78 is 0. The number of hydrogen-bond acceptors (Lipinski definition) is 1. The lowest BCUT2D eigenvalue weighted by atomic mass is 10.0. The number of piperidine rings is 1. The summed E-state index contributed by atoms with van der Waals surface area (Å²) in [4.78, 5) is 2.31. The van der Waals surface area contributed by atoms with Gasteiger partial charge in [0.25, 0.3) is 0 Å². The molecule has 1 fully saturated rings. The molecular formula is C15H22N2S. The first kappa shape index (κ1) is 13.3. The second-order valence-corrected chi connectivity index (χ2v) is 5.66. The second kappa shape index (κ2) is 6.19. The Morgan fingerprint density at radius 2 is 2.11 bits per heavy atom. The third-order valence-electron chi connectivity index (χ3n) is 3.58. The average molecular weight is 262 g/mol. The van der Waals surface area contributed by atoms with E-state index in [-0.39, 0.29) is 6.04 Å². The molecule has 98 valence electrons. The molecule has 0 saturated carbocycles. The zero-order valence-corrected chi connectivity index (χ0v) is 12.0. The Morgan fingerprint density at radius 3 is 2.78 bits per heavy atom. The molecule has 2 unspecified atom stereocenters. The standard InChI is InChI=1S/C15H22N2S/c1-12-7-6-10-17(11-12)15(18)16-13(2)14-8-4-3-5-9-14/h3-5,8-9,12-13H,6-7,10-11H2,1-2H3,(H,16,18). The van der Waals surface area contributed by atoms with Gasteiger partial charge in [-0.15, -0.1) is 0 Å². The van der Waals surface area contributed by atoms with Crippen LogP contribution in [0.25, 0.3) is 0 Å². The highest BCUT2D eigenvalue weighted by atomic mass is 32.1. The maximum atomic E-state index is 5.52. The average Bonchev–Trinajstić information content (AvgIpc) is 2.39. The van der Waals surface area contributed by atoms with Crippen molar-refractivity contribution in [1.82, 2.24) is 10.2 Å². The Balaban J connectivity index is 1.91. The van der Waals surface area contributed by atoms with Gasteiger partial charge in [-0.05, 0) is 43.5 Å². The Hall–Kier alpha value is -1.09. The van der Waals surface area contributed by atoms with E-state index in [9.17, 15) is 0 Å². The molecule has 0 bridgehead atoms. The van der Waals surface area contributed by atoms with Gasteiger partial charge in [0.1, 0.15) is 0 Å². The minimum Gasteiger partial charge on any atom is -0.356 e. The van der Waals surface area contributed by atoms with Crippen LogP contribution in [0.4, 0.5) is 0 Å². The summed E-state index contributed by atoms with van der Waals surface area (Å²) >= 11 is 5.52. The summed E-state index contributed by atoms with van der Waals surface area (Å²) in [6.45, 7) is 6.65. The lowest BCUT2D eigenvalue weighted by Gasteiger charge is -2.34. The van der Waals surface area contributed by atoms with Crippen LogP contribution in [-0.2, 0) is 0 Å². The number of thiocarbonyl (C=S) groups is 1. The minimum atomic E-state index is 0.274. The number of rotatable bonds is 2. The van der Waals surface area contributed by atoms with Crippen molar-refractivity contribution in [3.8, 4) is 0 Å². The van der Waals surface area contributed by atoms with E-state index < -0.39 is 0 Å². The fourth-order valence-corrected chi connectivity index (χ4v) is 2.82. The minimum absolute atomic E-state index is 0.274. The molecule has 2 nitrogen and oxygen atoms in total. The normalized spacial score (nSPS) is 21.4. The van der Waals surface area contributed by atoms with Gasteiger partial charge in [0.05, 0.1) is 6.04 Å². The van der Waals surface area contributed by atoms with Crippen LogP contribution >= 0.6 is 12.2 Å². The van der Waals surface area contributed by atoms with Gasteiger partial charge in [0.15, 0.2) is 5.11 Å². The van der Waals surface area contributed by atoms with Gasteiger partial charge >= 0.3 is 0 Å². The molecular weight excluding hydrogens is 240 g/mol. The number of nitrogens with one attached hydrogen (secondary N) is 1. The molecule has 0 aliphatic carbocycles. The van der Waals surface area contributed by atoms with Crippen molar-refractivity contribution < 1.29 is 0 Å². The summed E-state index contributed by atoms with van der Waals surface area (Å²) in [7, 11) is 0. The molecule has 2 atom stereocenters. The zero-order chi connectivity index (χ0) is 13.0. The van der Waals surface area contributed by atoms with E-state index in [1.807, 2.05) is 6.07 Å². The lowest BCUT2D eigenvalue weighted by molar-refractivity contribution is 0.269. The largest absolute Gasteiger partial charge is 0.356 e. The van der Waals surface area contributed by atoms with Crippen LogP contribution in [0.15, 0.2) is 30.3 Å². The van der Waals surface area contributed by atoms with Crippen LogP contribution in [0.5, 0.6) is 0 Å². The molecule has 1 aromatic carbocycles. The molecule has 1 N–H and O–H groups in total. The number of likely N-dealkylation sites (tertiary alicyclic amines) is 1. The Bertz CT molecular complexity index is 391. The first-order valence-corrected chi connectivity index (χ1v) is 7.18. The van der Waals surface area contributed by atoms with Crippen LogP contribution in [0.3, 0.4) is 0 Å². The third-order valence-corrected chi connectivity index (χ3v) is 3.96. The molecule has 0 spiro atoms. The van der Waals surface area contributed by atoms with E-state index in [0.717, 1.165) is 24.1 Å². The maximum Gasteiger partial charge on any atom is 0.169 e. The quantitative estimate of drug-likeness (QED) is 0.823. The van der Waals surface area contributed by atoms with E-state index in [1.165, 1.54) is 18.4 Å². The topological polar surface area (TPSA) is 15.3 Å². The monoisotopic (exact) mass is 262 g/mol. The SMILES string of the molecule is CC1CCCN(C(=S)NC(C)c2ccccc2)C1. The van der Waals surface area contributed by atoms with Gasteiger partial charge in [-0.25, -0.2) is 0 Å². The van der Waals surface area contributed by atoms with Crippen LogP contribution in [0.1, 0.15) is 38.3 Å². The van der Waals surface area contributed by atoms with Gasteiger partial charge in [0.2, 0.25) is 0 Å². The van der Waals surface area contributed by atoms with Crippen molar-refractivity contribution in [2.45, 2.75) is 32.7 Å². The number of hydrogen-bond donors (Lipinski definition) is 1. The smallest absolute Gasteiger partial charge is 0.169 e. The van der Waals surface area contributed by atoms with E-state index in [4.69, 9.17) is 12.2 Å². The fraction of sp³-hybridized carbons (Fsp3) is 0.533. The van der Waals surface area contributed by atoms with Crippen LogP contribution in [0, 0.1) is 5.92 Å². The lowest BCUT2D eigenvalue weighted by Crippen LogP contribution is -2.45. The van der Waals surface area contributed by atoms with E-state index in [2.05, 4.69) is 48.3 Å². The first-order chi connectivity index (χ1) is 8.66. The molecule has 3 heteroatoms.